The minimum absolute atomic E-state index is 0.724. The Kier molecular flexibility index (Phi) is 4.20. The lowest BCUT2D eigenvalue weighted by Gasteiger charge is -2.31. The third-order valence-electron chi connectivity index (χ3n) is 3.16. The van der Waals surface area contributed by atoms with Gasteiger partial charge in [0, 0.05) is 25.7 Å². The zero-order valence-corrected chi connectivity index (χ0v) is 9.51. The van der Waals surface area contributed by atoms with Crippen molar-refractivity contribution in [2.24, 2.45) is 11.8 Å². The van der Waals surface area contributed by atoms with E-state index < -0.39 is 0 Å². The molecule has 1 rings (SSSR count). The molecule has 1 fully saturated rings. The van der Waals surface area contributed by atoms with Crippen LogP contribution in [0.2, 0.25) is 0 Å². The predicted octanol–water partition coefficient (Wildman–Crippen LogP) is 1.57. The smallest absolute Gasteiger partial charge is 0.0110 e. The monoisotopic (exact) mass is 184 g/mol. The molecule has 2 nitrogen and oxygen atoms in total. The van der Waals surface area contributed by atoms with Gasteiger partial charge in [0.2, 0.25) is 0 Å². The molecule has 2 atom stereocenters. The van der Waals surface area contributed by atoms with Crippen molar-refractivity contribution in [1.29, 1.82) is 0 Å². The summed E-state index contributed by atoms with van der Waals surface area (Å²) in [6.07, 6.45) is 0. The molecule has 1 aliphatic rings. The van der Waals surface area contributed by atoms with Gasteiger partial charge in [-0.2, -0.15) is 0 Å². The minimum atomic E-state index is 0.724. The fourth-order valence-electron chi connectivity index (χ4n) is 1.92. The highest BCUT2D eigenvalue weighted by Crippen LogP contribution is 2.13. The van der Waals surface area contributed by atoms with Crippen molar-refractivity contribution in [3.05, 3.63) is 0 Å². The first kappa shape index (κ1) is 11.0. The van der Waals surface area contributed by atoms with Crippen molar-refractivity contribution in [3.63, 3.8) is 0 Å². The molecule has 2 unspecified atom stereocenters. The average molecular weight is 184 g/mol. The lowest BCUT2D eigenvalue weighted by molar-refractivity contribution is 0.164. The van der Waals surface area contributed by atoms with Crippen LogP contribution in [0.25, 0.3) is 0 Å². The Morgan fingerprint density at radius 2 is 2.00 bits per heavy atom. The van der Waals surface area contributed by atoms with Crippen LogP contribution < -0.4 is 5.32 Å². The van der Waals surface area contributed by atoms with Crippen LogP contribution in [0, 0.1) is 11.8 Å². The van der Waals surface area contributed by atoms with Gasteiger partial charge in [0.1, 0.15) is 0 Å². The highest BCUT2D eigenvalue weighted by Gasteiger charge is 2.20. The second kappa shape index (κ2) is 4.97. The summed E-state index contributed by atoms with van der Waals surface area (Å²) in [6.45, 7) is 14.1. The molecule has 2 heteroatoms. The topological polar surface area (TPSA) is 15.3 Å². The van der Waals surface area contributed by atoms with Crippen molar-refractivity contribution < 1.29 is 0 Å². The van der Waals surface area contributed by atoms with Crippen molar-refractivity contribution >= 4 is 0 Å². The predicted molar refractivity (Wildman–Crippen MR) is 57.9 cm³/mol. The van der Waals surface area contributed by atoms with E-state index in [9.17, 15) is 0 Å². The Labute approximate surface area is 82.7 Å². The van der Waals surface area contributed by atoms with Crippen LogP contribution in [0.1, 0.15) is 27.7 Å². The van der Waals surface area contributed by atoms with Gasteiger partial charge >= 0.3 is 0 Å². The van der Waals surface area contributed by atoms with Gasteiger partial charge in [-0.1, -0.05) is 20.8 Å². The molecule has 13 heavy (non-hydrogen) atoms. The zero-order valence-electron chi connectivity index (χ0n) is 9.51. The van der Waals surface area contributed by atoms with E-state index in [1.165, 1.54) is 19.6 Å². The number of hydrogen-bond donors (Lipinski definition) is 1. The Morgan fingerprint density at radius 1 is 1.31 bits per heavy atom. The first-order valence-corrected chi connectivity index (χ1v) is 5.56. The molecule has 1 aliphatic heterocycles. The number of rotatable bonds is 2. The fraction of sp³-hybridized carbons (Fsp3) is 1.00. The largest absolute Gasteiger partial charge is 0.315 e. The van der Waals surface area contributed by atoms with Crippen molar-refractivity contribution in [1.82, 2.24) is 10.2 Å². The molecule has 1 heterocycles. The van der Waals surface area contributed by atoms with E-state index in [1.54, 1.807) is 0 Å². The van der Waals surface area contributed by atoms with E-state index in [0.717, 1.165) is 24.4 Å². The third kappa shape index (κ3) is 3.28. The van der Waals surface area contributed by atoms with E-state index >= 15 is 0 Å². The molecular weight excluding hydrogens is 160 g/mol. The van der Waals surface area contributed by atoms with Crippen LogP contribution in [0.3, 0.4) is 0 Å². The lowest BCUT2D eigenvalue weighted by atomic mass is 10.0. The molecule has 0 bridgehead atoms. The summed E-state index contributed by atoms with van der Waals surface area (Å²) in [5.74, 6) is 1.56. The highest BCUT2D eigenvalue weighted by molar-refractivity contribution is 4.76. The summed E-state index contributed by atoms with van der Waals surface area (Å²) in [7, 11) is 0. The summed E-state index contributed by atoms with van der Waals surface area (Å²) >= 11 is 0. The normalized spacial score (nSPS) is 28.8. The SMILES string of the molecule is CC1CNCCN(C(C)C(C)C)C1. The van der Waals surface area contributed by atoms with Gasteiger partial charge in [-0.05, 0) is 25.3 Å². The van der Waals surface area contributed by atoms with Gasteiger partial charge in [-0.3, -0.25) is 4.90 Å². The Bertz CT molecular complexity index is 145. The number of hydrogen-bond acceptors (Lipinski definition) is 2. The standard InChI is InChI=1S/C11H24N2/c1-9(2)11(4)13-6-5-12-7-10(3)8-13/h9-12H,5-8H2,1-4H3. The fourth-order valence-corrected chi connectivity index (χ4v) is 1.92. The van der Waals surface area contributed by atoms with Gasteiger partial charge in [0.15, 0.2) is 0 Å². The molecule has 1 saturated heterocycles. The van der Waals surface area contributed by atoms with E-state index in [0.29, 0.717) is 0 Å². The molecule has 0 aromatic carbocycles. The van der Waals surface area contributed by atoms with Crippen LogP contribution in [-0.2, 0) is 0 Å². The molecule has 1 N–H and O–H groups in total. The molecule has 0 radical (unpaired) electrons. The van der Waals surface area contributed by atoms with Crippen molar-refractivity contribution in [2.45, 2.75) is 33.7 Å². The molecule has 78 valence electrons. The minimum Gasteiger partial charge on any atom is -0.315 e. The van der Waals surface area contributed by atoms with Gasteiger partial charge in [-0.15, -0.1) is 0 Å². The number of nitrogens with zero attached hydrogens (tertiary/aromatic N) is 1. The maximum absolute atomic E-state index is 3.48. The zero-order chi connectivity index (χ0) is 9.84. The molecule has 0 aliphatic carbocycles. The van der Waals surface area contributed by atoms with Crippen LogP contribution in [-0.4, -0.2) is 37.1 Å². The van der Waals surface area contributed by atoms with E-state index in [4.69, 9.17) is 0 Å². The molecular formula is C11H24N2. The number of nitrogens with one attached hydrogen (secondary N) is 1. The van der Waals surface area contributed by atoms with Gasteiger partial charge in [-0.25, -0.2) is 0 Å². The second-order valence-electron chi connectivity index (χ2n) is 4.79. The van der Waals surface area contributed by atoms with Crippen LogP contribution in [0.5, 0.6) is 0 Å². The molecule has 0 aromatic rings. The van der Waals surface area contributed by atoms with Gasteiger partial charge in [0.25, 0.3) is 0 Å². The van der Waals surface area contributed by atoms with E-state index in [1.807, 2.05) is 0 Å². The Morgan fingerprint density at radius 3 is 2.62 bits per heavy atom. The van der Waals surface area contributed by atoms with Crippen LogP contribution in [0.4, 0.5) is 0 Å². The van der Waals surface area contributed by atoms with Crippen LogP contribution in [0.15, 0.2) is 0 Å². The average Bonchev–Trinajstić information content (AvgIpc) is 2.28. The summed E-state index contributed by atoms with van der Waals surface area (Å²) in [4.78, 5) is 2.62. The van der Waals surface area contributed by atoms with Gasteiger partial charge < -0.3 is 5.32 Å². The maximum atomic E-state index is 3.48. The first-order valence-electron chi connectivity index (χ1n) is 5.56. The maximum Gasteiger partial charge on any atom is 0.0110 e. The van der Waals surface area contributed by atoms with E-state index in [-0.39, 0.29) is 0 Å². The summed E-state index contributed by atoms with van der Waals surface area (Å²) in [6, 6.07) is 0.724. The quantitative estimate of drug-likeness (QED) is 0.701. The third-order valence-corrected chi connectivity index (χ3v) is 3.16. The highest BCUT2D eigenvalue weighted by atomic mass is 15.2. The Hall–Kier alpha value is -0.0800. The summed E-state index contributed by atoms with van der Waals surface area (Å²) in [5.41, 5.74) is 0. The van der Waals surface area contributed by atoms with Crippen LogP contribution >= 0.6 is 0 Å². The molecule has 0 spiro atoms. The van der Waals surface area contributed by atoms with Crippen molar-refractivity contribution in [3.8, 4) is 0 Å². The van der Waals surface area contributed by atoms with Gasteiger partial charge in [0.05, 0.1) is 0 Å². The summed E-state index contributed by atoms with van der Waals surface area (Å²) in [5, 5.41) is 3.48. The summed E-state index contributed by atoms with van der Waals surface area (Å²) < 4.78 is 0. The second-order valence-corrected chi connectivity index (χ2v) is 4.79. The Balaban J connectivity index is 2.47. The molecule has 0 aromatic heterocycles. The first-order chi connectivity index (χ1) is 6.11. The lowest BCUT2D eigenvalue weighted by Crippen LogP contribution is -2.40. The molecule has 0 amide bonds. The van der Waals surface area contributed by atoms with Crippen molar-refractivity contribution in [2.75, 3.05) is 26.2 Å². The molecule has 0 saturated carbocycles. The van der Waals surface area contributed by atoms with E-state index in [2.05, 4.69) is 37.9 Å².